The van der Waals surface area contributed by atoms with Crippen LogP contribution in [0.25, 0.3) is 16.9 Å². The van der Waals surface area contributed by atoms with Crippen molar-refractivity contribution in [3.05, 3.63) is 96.3 Å². The normalized spacial score (nSPS) is 11.0. The summed E-state index contributed by atoms with van der Waals surface area (Å²) in [5.74, 6) is 0. The monoisotopic (exact) mass is 314 g/mol. The molecular formula is C21H18N2O. The summed E-state index contributed by atoms with van der Waals surface area (Å²) in [6.45, 7) is 1.15. The van der Waals surface area contributed by atoms with E-state index in [1.54, 1.807) is 0 Å². The zero-order chi connectivity index (χ0) is 16.2. The highest BCUT2D eigenvalue weighted by molar-refractivity contribution is 5.64. The van der Waals surface area contributed by atoms with E-state index in [4.69, 9.17) is 9.72 Å². The molecule has 0 aliphatic heterocycles. The lowest BCUT2D eigenvalue weighted by atomic mass is 10.2. The van der Waals surface area contributed by atoms with Crippen LogP contribution in [-0.4, -0.2) is 9.38 Å². The Labute approximate surface area is 141 Å². The summed E-state index contributed by atoms with van der Waals surface area (Å²) >= 11 is 0. The molecule has 0 saturated carbocycles. The number of benzene rings is 2. The number of fused-ring (bicyclic) bond motifs is 1. The van der Waals surface area contributed by atoms with Crippen LogP contribution in [-0.2, 0) is 18.0 Å². The third-order valence-electron chi connectivity index (χ3n) is 4.00. The fourth-order valence-electron chi connectivity index (χ4n) is 2.79. The largest absolute Gasteiger partial charge is 0.372 e. The molecule has 4 rings (SSSR count). The summed E-state index contributed by atoms with van der Waals surface area (Å²) in [5, 5.41) is 0. The highest BCUT2D eigenvalue weighted by Gasteiger charge is 2.08. The standard InChI is InChI=1S/C21H18N2O/c1-3-8-17(9-4-1)15-24-16-19-12-7-13-23-14-20(22-21(19)23)18-10-5-2-6-11-18/h1-14H,15-16H2. The Balaban J connectivity index is 1.56. The van der Waals surface area contributed by atoms with Crippen LogP contribution in [0.1, 0.15) is 11.1 Å². The highest BCUT2D eigenvalue weighted by Crippen LogP contribution is 2.21. The number of imidazole rings is 1. The van der Waals surface area contributed by atoms with E-state index in [1.807, 2.05) is 48.7 Å². The fraction of sp³-hybridized carbons (Fsp3) is 0.0952. The Bertz CT molecular complexity index is 930. The van der Waals surface area contributed by atoms with Crippen molar-refractivity contribution < 1.29 is 4.74 Å². The van der Waals surface area contributed by atoms with Gasteiger partial charge in [-0.25, -0.2) is 4.98 Å². The fourth-order valence-corrected chi connectivity index (χ4v) is 2.79. The lowest BCUT2D eigenvalue weighted by Gasteiger charge is -2.05. The van der Waals surface area contributed by atoms with Crippen LogP contribution in [0.3, 0.4) is 0 Å². The third-order valence-corrected chi connectivity index (χ3v) is 4.00. The quantitative estimate of drug-likeness (QED) is 0.533. The number of nitrogens with zero attached hydrogens (tertiary/aromatic N) is 2. The molecule has 0 spiro atoms. The summed E-state index contributed by atoms with van der Waals surface area (Å²) < 4.78 is 7.93. The number of aromatic nitrogens is 2. The minimum Gasteiger partial charge on any atom is -0.372 e. The Morgan fingerprint density at radius 2 is 1.54 bits per heavy atom. The van der Waals surface area contributed by atoms with E-state index in [0.717, 1.165) is 22.5 Å². The molecule has 0 atom stereocenters. The van der Waals surface area contributed by atoms with Gasteiger partial charge >= 0.3 is 0 Å². The van der Waals surface area contributed by atoms with Crippen LogP contribution >= 0.6 is 0 Å². The third kappa shape index (κ3) is 3.07. The van der Waals surface area contributed by atoms with Crippen molar-refractivity contribution in [1.82, 2.24) is 9.38 Å². The van der Waals surface area contributed by atoms with Gasteiger partial charge < -0.3 is 9.14 Å². The first kappa shape index (κ1) is 14.7. The van der Waals surface area contributed by atoms with Gasteiger partial charge in [-0.05, 0) is 11.6 Å². The number of hydrogen-bond acceptors (Lipinski definition) is 2. The van der Waals surface area contributed by atoms with E-state index in [1.165, 1.54) is 5.56 Å². The number of pyridine rings is 1. The van der Waals surface area contributed by atoms with Gasteiger partial charge in [-0.3, -0.25) is 0 Å². The molecule has 2 aromatic carbocycles. The molecule has 2 heterocycles. The summed E-state index contributed by atoms with van der Waals surface area (Å²) in [7, 11) is 0. The molecule has 0 N–H and O–H groups in total. The minimum absolute atomic E-state index is 0.546. The molecule has 2 aromatic heterocycles. The lowest BCUT2D eigenvalue weighted by Crippen LogP contribution is -1.97. The number of rotatable bonds is 5. The van der Waals surface area contributed by atoms with Crippen LogP contribution in [0.2, 0.25) is 0 Å². The van der Waals surface area contributed by atoms with Crippen LogP contribution < -0.4 is 0 Å². The molecule has 0 aliphatic carbocycles. The molecule has 0 saturated heterocycles. The van der Waals surface area contributed by atoms with Gasteiger partial charge in [0.15, 0.2) is 0 Å². The van der Waals surface area contributed by atoms with Gasteiger partial charge in [0.2, 0.25) is 0 Å². The van der Waals surface area contributed by atoms with Gasteiger partial charge in [0.05, 0.1) is 18.9 Å². The zero-order valence-corrected chi connectivity index (χ0v) is 13.3. The molecule has 24 heavy (non-hydrogen) atoms. The Hall–Kier alpha value is -2.91. The van der Waals surface area contributed by atoms with Crippen molar-refractivity contribution in [3.8, 4) is 11.3 Å². The van der Waals surface area contributed by atoms with Crippen LogP contribution in [0.5, 0.6) is 0 Å². The van der Waals surface area contributed by atoms with Gasteiger partial charge in [0, 0.05) is 23.5 Å². The van der Waals surface area contributed by atoms with E-state index in [2.05, 4.69) is 40.9 Å². The van der Waals surface area contributed by atoms with E-state index < -0.39 is 0 Å². The van der Waals surface area contributed by atoms with Gasteiger partial charge in [-0.2, -0.15) is 0 Å². The van der Waals surface area contributed by atoms with Crippen molar-refractivity contribution in [2.45, 2.75) is 13.2 Å². The SMILES string of the molecule is c1ccc(COCc2cccn3cc(-c4ccccc4)nc23)cc1. The maximum Gasteiger partial charge on any atom is 0.142 e. The van der Waals surface area contributed by atoms with Crippen molar-refractivity contribution in [2.75, 3.05) is 0 Å². The maximum atomic E-state index is 5.88. The number of hydrogen-bond donors (Lipinski definition) is 0. The average molecular weight is 314 g/mol. The van der Waals surface area contributed by atoms with E-state index in [0.29, 0.717) is 13.2 Å². The first-order chi connectivity index (χ1) is 11.9. The van der Waals surface area contributed by atoms with Gasteiger partial charge in [0.1, 0.15) is 5.65 Å². The molecule has 0 unspecified atom stereocenters. The summed E-state index contributed by atoms with van der Waals surface area (Å²) in [4.78, 5) is 4.79. The zero-order valence-electron chi connectivity index (χ0n) is 13.3. The van der Waals surface area contributed by atoms with E-state index in [-0.39, 0.29) is 0 Å². The van der Waals surface area contributed by atoms with Gasteiger partial charge in [-0.15, -0.1) is 0 Å². The second-order valence-corrected chi connectivity index (χ2v) is 5.73. The molecule has 0 radical (unpaired) electrons. The van der Waals surface area contributed by atoms with E-state index in [9.17, 15) is 0 Å². The van der Waals surface area contributed by atoms with Crippen LogP contribution in [0.15, 0.2) is 85.2 Å². The average Bonchev–Trinajstić information content (AvgIpc) is 3.09. The first-order valence-electron chi connectivity index (χ1n) is 8.04. The predicted octanol–water partition coefficient (Wildman–Crippen LogP) is 4.72. The molecule has 0 bridgehead atoms. The lowest BCUT2D eigenvalue weighted by molar-refractivity contribution is 0.107. The van der Waals surface area contributed by atoms with E-state index >= 15 is 0 Å². The van der Waals surface area contributed by atoms with Crippen molar-refractivity contribution in [3.63, 3.8) is 0 Å². The van der Waals surface area contributed by atoms with Crippen molar-refractivity contribution in [2.24, 2.45) is 0 Å². The first-order valence-corrected chi connectivity index (χ1v) is 8.04. The molecule has 0 amide bonds. The topological polar surface area (TPSA) is 26.5 Å². The maximum absolute atomic E-state index is 5.88. The van der Waals surface area contributed by atoms with Crippen LogP contribution in [0, 0.1) is 0 Å². The Kier molecular flexibility index (Phi) is 4.09. The molecule has 3 heteroatoms. The van der Waals surface area contributed by atoms with Gasteiger partial charge in [0.25, 0.3) is 0 Å². The highest BCUT2D eigenvalue weighted by atomic mass is 16.5. The summed E-state index contributed by atoms with van der Waals surface area (Å²) in [5.41, 5.74) is 5.32. The second kappa shape index (κ2) is 6.69. The minimum atomic E-state index is 0.546. The summed E-state index contributed by atoms with van der Waals surface area (Å²) in [6.07, 6.45) is 4.08. The molecule has 0 aliphatic rings. The van der Waals surface area contributed by atoms with Crippen LogP contribution in [0.4, 0.5) is 0 Å². The molecular weight excluding hydrogens is 296 g/mol. The number of ether oxygens (including phenoxy) is 1. The Morgan fingerprint density at radius 1 is 0.792 bits per heavy atom. The molecule has 118 valence electrons. The molecule has 3 nitrogen and oxygen atoms in total. The van der Waals surface area contributed by atoms with Crippen molar-refractivity contribution >= 4 is 5.65 Å². The Morgan fingerprint density at radius 3 is 2.33 bits per heavy atom. The smallest absolute Gasteiger partial charge is 0.142 e. The second-order valence-electron chi connectivity index (χ2n) is 5.73. The summed E-state index contributed by atoms with van der Waals surface area (Å²) in [6, 6.07) is 24.6. The van der Waals surface area contributed by atoms with Crippen molar-refractivity contribution in [1.29, 1.82) is 0 Å². The van der Waals surface area contributed by atoms with Gasteiger partial charge in [-0.1, -0.05) is 66.7 Å². The molecule has 0 fully saturated rings. The molecule has 4 aromatic rings. The predicted molar refractivity (Wildman–Crippen MR) is 95.6 cm³/mol.